The van der Waals surface area contributed by atoms with E-state index in [1.54, 1.807) is 7.05 Å². The van der Waals surface area contributed by atoms with Crippen LogP contribution < -0.4 is 10.6 Å². The van der Waals surface area contributed by atoms with E-state index in [2.05, 4.69) is 10.6 Å². The minimum absolute atomic E-state index is 0.0922. The molecule has 0 aromatic rings. The highest BCUT2D eigenvalue weighted by Gasteiger charge is 2.19. The quantitative estimate of drug-likeness (QED) is 0.722. The van der Waals surface area contributed by atoms with Crippen LogP contribution in [0.5, 0.6) is 0 Å². The predicted molar refractivity (Wildman–Crippen MR) is 59.6 cm³/mol. The number of carbonyl (C=O) groups excluding carboxylic acids is 2. The molecule has 0 unspecified atom stereocenters. The van der Waals surface area contributed by atoms with Crippen molar-refractivity contribution in [2.45, 2.75) is 33.2 Å². The van der Waals surface area contributed by atoms with Crippen LogP contribution in [0.25, 0.3) is 0 Å². The zero-order valence-electron chi connectivity index (χ0n) is 10.2. The topological polar surface area (TPSA) is 61.4 Å². The molecule has 88 valence electrons. The van der Waals surface area contributed by atoms with E-state index in [1.165, 1.54) is 4.90 Å². The third kappa shape index (κ3) is 5.93. The Morgan fingerprint density at radius 3 is 2.13 bits per heavy atom. The monoisotopic (exact) mass is 215 g/mol. The number of carbonyl (C=O) groups is 2. The first-order valence-electron chi connectivity index (χ1n) is 5.07. The minimum Gasteiger partial charge on any atom is -0.358 e. The number of amides is 3. The molecule has 0 saturated heterocycles. The van der Waals surface area contributed by atoms with Crippen LogP contribution in [0.15, 0.2) is 0 Å². The Labute approximate surface area is 91.2 Å². The van der Waals surface area contributed by atoms with E-state index in [9.17, 15) is 9.59 Å². The molecule has 0 radical (unpaired) electrons. The largest absolute Gasteiger partial charge is 0.358 e. The van der Waals surface area contributed by atoms with Gasteiger partial charge in [0, 0.05) is 19.1 Å². The summed E-state index contributed by atoms with van der Waals surface area (Å²) in [6, 6.07) is -0.214. The van der Waals surface area contributed by atoms with E-state index in [0.29, 0.717) is 6.54 Å². The predicted octanol–water partition coefficient (Wildman–Crippen LogP) is 0.562. The highest BCUT2D eigenvalue weighted by atomic mass is 16.2. The van der Waals surface area contributed by atoms with Gasteiger partial charge in [-0.1, -0.05) is 0 Å². The Hall–Kier alpha value is -1.26. The van der Waals surface area contributed by atoms with Crippen LogP contribution in [0.2, 0.25) is 0 Å². The van der Waals surface area contributed by atoms with E-state index in [-0.39, 0.29) is 24.0 Å². The van der Waals surface area contributed by atoms with Gasteiger partial charge in [0.05, 0.1) is 0 Å². The van der Waals surface area contributed by atoms with Gasteiger partial charge in [-0.05, 0) is 27.7 Å². The van der Waals surface area contributed by atoms with Gasteiger partial charge >= 0.3 is 6.03 Å². The lowest BCUT2D eigenvalue weighted by Gasteiger charge is -2.27. The van der Waals surface area contributed by atoms with Crippen LogP contribution in [-0.2, 0) is 4.79 Å². The lowest BCUT2D eigenvalue weighted by Crippen LogP contribution is -2.50. The Kier molecular flexibility index (Phi) is 5.11. The lowest BCUT2D eigenvalue weighted by atomic mass is 10.1. The molecule has 0 rings (SSSR count). The first-order valence-corrected chi connectivity index (χ1v) is 5.07. The summed E-state index contributed by atoms with van der Waals surface area (Å²) in [5.74, 6) is -0.166. The lowest BCUT2D eigenvalue weighted by molar-refractivity contribution is -0.121. The van der Waals surface area contributed by atoms with Crippen LogP contribution in [0.1, 0.15) is 27.7 Å². The summed E-state index contributed by atoms with van der Waals surface area (Å²) in [4.78, 5) is 24.3. The van der Waals surface area contributed by atoms with Crippen molar-refractivity contribution in [3.05, 3.63) is 0 Å². The SMILES string of the molecule is CCN(CC(=O)NC)C(=O)NC(C)(C)C. The molecule has 0 heterocycles. The van der Waals surface area contributed by atoms with Crippen molar-refractivity contribution in [3.8, 4) is 0 Å². The van der Waals surface area contributed by atoms with Gasteiger partial charge in [0.1, 0.15) is 6.54 Å². The minimum atomic E-state index is -0.285. The molecule has 5 heteroatoms. The molecule has 0 bridgehead atoms. The van der Waals surface area contributed by atoms with Gasteiger partial charge in [0.25, 0.3) is 0 Å². The van der Waals surface area contributed by atoms with Crippen molar-refractivity contribution in [2.75, 3.05) is 20.1 Å². The van der Waals surface area contributed by atoms with Crippen LogP contribution >= 0.6 is 0 Å². The van der Waals surface area contributed by atoms with Gasteiger partial charge in [-0.2, -0.15) is 0 Å². The second-order valence-electron chi connectivity index (χ2n) is 4.37. The second kappa shape index (κ2) is 5.58. The highest BCUT2D eigenvalue weighted by molar-refractivity contribution is 5.84. The summed E-state index contributed by atoms with van der Waals surface area (Å²) in [6.07, 6.45) is 0. The van der Waals surface area contributed by atoms with E-state index >= 15 is 0 Å². The number of urea groups is 1. The van der Waals surface area contributed by atoms with Crippen molar-refractivity contribution in [1.29, 1.82) is 0 Å². The fourth-order valence-corrected chi connectivity index (χ4v) is 0.979. The summed E-state index contributed by atoms with van der Waals surface area (Å²) in [6.45, 7) is 8.14. The first kappa shape index (κ1) is 13.7. The molecule has 5 nitrogen and oxygen atoms in total. The smallest absolute Gasteiger partial charge is 0.318 e. The number of rotatable bonds is 3. The Morgan fingerprint density at radius 2 is 1.80 bits per heavy atom. The van der Waals surface area contributed by atoms with Crippen LogP contribution in [0, 0.1) is 0 Å². The van der Waals surface area contributed by atoms with Crippen molar-refractivity contribution in [3.63, 3.8) is 0 Å². The molecule has 3 amide bonds. The summed E-state index contributed by atoms with van der Waals surface area (Å²) >= 11 is 0. The molecular weight excluding hydrogens is 194 g/mol. The van der Waals surface area contributed by atoms with Gasteiger partial charge in [-0.3, -0.25) is 4.79 Å². The van der Waals surface area contributed by atoms with E-state index < -0.39 is 0 Å². The van der Waals surface area contributed by atoms with Gasteiger partial charge in [-0.25, -0.2) is 4.79 Å². The van der Waals surface area contributed by atoms with E-state index in [0.717, 1.165) is 0 Å². The molecule has 0 atom stereocenters. The molecule has 0 aromatic heterocycles. The fourth-order valence-electron chi connectivity index (χ4n) is 0.979. The normalized spacial score (nSPS) is 10.7. The summed E-state index contributed by atoms with van der Waals surface area (Å²) < 4.78 is 0. The second-order valence-corrected chi connectivity index (χ2v) is 4.37. The third-order valence-electron chi connectivity index (χ3n) is 1.76. The Balaban J connectivity index is 4.29. The fraction of sp³-hybridized carbons (Fsp3) is 0.800. The summed E-state index contributed by atoms with van der Waals surface area (Å²) in [7, 11) is 1.55. The standard InChI is InChI=1S/C10H21N3O2/c1-6-13(7-8(14)11-5)9(15)12-10(2,3)4/h6-7H2,1-5H3,(H,11,14)(H,12,15). The molecule has 2 N–H and O–H groups in total. The van der Waals surface area contributed by atoms with Gasteiger partial charge in [0.15, 0.2) is 0 Å². The number of hydrogen-bond acceptors (Lipinski definition) is 2. The molecule has 0 aliphatic carbocycles. The number of nitrogens with zero attached hydrogens (tertiary/aromatic N) is 1. The average molecular weight is 215 g/mol. The number of nitrogens with one attached hydrogen (secondary N) is 2. The molecule has 15 heavy (non-hydrogen) atoms. The Morgan fingerprint density at radius 1 is 1.27 bits per heavy atom. The number of hydrogen-bond donors (Lipinski definition) is 2. The maximum atomic E-state index is 11.7. The Bertz CT molecular complexity index is 233. The first-order chi connectivity index (χ1) is 6.80. The van der Waals surface area contributed by atoms with E-state index in [4.69, 9.17) is 0 Å². The molecule has 0 aromatic carbocycles. The maximum Gasteiger partial charge on any atom is 0.318 e. The number of likely N-dealkylation sites (N-methyl/N-ethyl adjacent to an activating group) is 2. The van der Waals surface area contributed by atoms with Crippen molar-refractivity contribution < 1.29 is 9.59 Å². The van der Waals surface area contributed by atoms with Crippen molar-refractivity contribution in [2.24, 2.45) is 0 Å². The summed E-state index contributed by atoms with van der Waals surface area (Å²) in [5, 5.41) is 5.29. The van der Waals surface area contributed by atoms with Crippen LogP contribution in [0.4, 0.5) is 4.79 Å². The van der Waals surface area contributed by atoms with Crippen molar-refractivity contribution in [1.82, 2.24) is 15.5 Å². The molecule has 0 spiro atoms. The maximum absolute atomic E-state index is 11.7. The molecule has 0 aliphatic heterocycles. The average Bonchev–Trinajstić information content (AvgIpc) is 2.10. The molecule has 0 aliphatic rings. The van der Waals surface area contributed by atoms with Gasteiger partial charge < -0.3 is 15.5 Å². The van der Waals surface area contributed by atoms with Gasteiger partial charge in [-0.15, -0.1) is 0 Å². The third-order valence-corrected chi connectivity index (χ3v) is 1.76. The van der Waals surface area contributed by atoms with Crippen LogP contribution in [0.3, 0.4) is 0 Å². The van der Waals surface area contributed by atoms with Crippen molar-refractivity contribution >= 4 is 11.9 Å². The zero-order valence-corrected chi connectivity index (χ0v) is 10.2. The highest BCUT2D eigenvalue weighted by Crippen LogP contribution is 2.00. The summed E-state index contributed by atoms with van der Waals surface area (Å²) in [5.41, 5.74) is -0.285. The zero-order chi connectivity index (χ0) is 12.1. The molecular formula is C10H21N3O2. The van der Waals surface area contributed by atoms with Crippen LogP contribution in [-0.4, -0.2) is 42.5 Å². The molecule has 0 fully saturated rings. The van der Waals surface area contributed by atoms with E-state index in [1.807, 2.05) is 27.7 Å². The molecule has 0 saturated carbocycles. The van der Waals surface area contributed by atoms with Gasteiger partial charge in [0.2, 0.25) is 5.91 Å².